The standard InChI is InChI=1S/C24H27N3O3/c1-29-22-12-11-20(23(25-22)30-2)17-14-18-9-10-19(15-17)27(18)24(28)26-13-5-7-16-6-3-4-8-21(16)26/h3-4,6,8,11-12,14,18-19H,5,7,9-10,13,15H2,1-2H3. The van der Waals surface area contributed by atoms with Gasteiger partial charge in [0.2, 0.25) is 11.8 Å². The number of rotatable bonds is 3. The Balaban J connectivity index is 1.43. The van der Waals surface area contributed by atoms with Gasteiger partial charge in [0.1, 0.15) is 0 Å². The van der Waals surface area contributed by atoms with E-state index in [1.807, 2.05) is 23.1 Å². The van der Waals surface area contributed by atoms with E-state index in [-0.39, 0.29) is 18.1 Å². The predicted molar refractivity (Wildman–Crippen MR) is 116 cm³/mol. The van der Waals surface area contributed by atoms with Gasteiger partial charge in [-0.25, -0.2) is 4.79 Å². The van der Waals surface area contributed by atoms with Gasteiger partial charge in [-0.1, -0.05) is 24.3 Å². The summed E-state index contributed by atoms with van der Waals surface area (Å²) in [5.41, 5.74) is 4.54. The number of aryl methyl sites for hydroxylation is 1. The molecule has 0 spiro atoms. The highest BCUT2D eigenvalue weighted by atomic mass is 16.5. The van der Waals surface area contributed by atoms with E-state index in [1.165, 1.54) is 11.1 Å². The molecular weight excluding hydrogens is 378 g/mol. The topological polar surface area (TPSA) is 54.9 Å². The van der Waals surface area contributed by atoms with Crippen molar-refractivity contribution in [2.45, 2.75) is 44.2 Å². The number of aromatic nitrogens is 1. The summed E-state index contributed by atoms with van der Waals surface area (Å²) < 4.78 is 10.7. The average Bonchev–Trinajstić information content (AvgIpc) is 3.06. The van der Waals surface area contributed by atoms with E-state index < -0.39 is 0 Å². The van der Waals surface area contributed by atoms with Gasteiger partial charge in [-0.2, -0.15) is 4.98 Å². The summed E-state index contributed by atoms with van der Waals surface area (Å²) in [6.07, 6.45) is 7.15. The molecule has 3 aliphatic heterocycles. The third kappa shape index (κ3) is 3.11. The highest BCUT2D eigenvalue weighted by Gasteiger charge is 2.42. The van der Waals surface area contributed by atoms with Crippen LogP contribution in [0.25, 0.3) is 5.57 Å². The number of hydrogen-bond acceptors (Lipinski definition) is 4. The Bertz CT molecular complexity index is 1000. The Morgan fingerprint density at radius 1 is 1.10 bits per heavy atom. The van der Waals surface area contributed by atoms with E-state index in [0.29, 0.717) is 11.8 Å². The first-order valence-corrected chi connectivity index (χ1v) is 10.7. The van der Waals surface area contributed by atoms with Crippen molar-refractivity contribution in [2.24, 2.45) is 0 Å². The fourth-order valence-corrected chi connectivity index (χ4v) is 5.14. The number of nitrogens with zero attached hydrogens (tertiary/aromatic N) is 3. The van der Waals surface area contributed by atoms with Crippen LogP contribution in [0.15, 0.2) is 42.5 Å². The summed E-state index contributed by atoms with van der Waals surface area (Å²) in [6.45, 7) is 0.790. The number of urea groups is 1. The lowest BCUT2D eigenvalue weighted by atomic mass is 9.95. The van der Waals surface area contributed by atoms with Crippen LogP contribution in [0.1, 0.15) is 36.8 Å². The molecule has 1 saturated heterocycles. The molecule has 1 aromatic heterocycles. The van der Waals surface area contributed by atoms with Gasteiger partial charge in [0, 0.05) is 29.9 Å². The third-order valence-electron chi connectivity index (χ3n) is 6.54. The minimum atomic E-state index is 0.118. The maximum Gasteiger partial charge on any atom is 0.325 e. The van der Waals surface area contributed by atoms with E-state index in [9.17, 15) is 4.79 Å². The van der Waals surface area contributed by atoms with Crippen molar-refractivity contribution in [1.29, 1.82) is 0 Å². The van der Waals surface area contributed by atoms with Crippen molar-refractivity contribution in [2.75, 3.05) is 25.7 Å². The molecule has 0 saturated carbocycles. The number of methoxy groups -OCH3 is 2. The van der Waals surface area contributed by atoms with Gasteiger partial charge in [-0.15, -0.1) is 0 Å². The van der Waals surface area contributed by atoms with E-state index in [1.54, 1.807) is 14.2 Å². The number of pyridine rings is 1. The molecule has 5 rings (SSSR count). The Morgan fingerprint density at radius 3 is 2.77 bits per heavy atom. The van der Waals surface area contributed by atoms with Crippen LogP contribution in [-0.4, -0.2) is 48.8 Å². The van der Waals surface area contributed by atoms with Gasteiger partial charge < -0.3 is 14.4 Å². The first-order valence-electron chi connectivity index (χ1n) is 10.7. The minimum absolute atomic E-state index is 0.118. The van der Waals surface area contributed by atoms with Gasteiger partial charge in [-0.05, 0) is 55.4 Å². The highest BCUT2D eigenvalue weighted by Crippen LogP contribution is 2.42. The minimum Gasteiger partial charge on any atom is -0.481 e. The molecule has 30 heavy (non-hydrogen) atoms. The van der Waals surface area contributed by atoms with Gasteiger partial charge >= 0.3 is 6.03 Å². The van der Waals surface area contributed by atoms with E-state index in [0.717, 1.165) is 49.9 Å². The number of fused-ring (bicyclic) bond motifs is 3. The molecule has 2 aromatic rings. The number of carbonyl (C=O) groups excluding carboxylic acids is 1. The number of amides is 2. The van der Waals surface area contributed by atoms with E-state index in [4.69, 9.17) is 9.47 Å². The van der Waals surface area contributed by atoms with Crippen LogP contribution in [0.2, 0.25) is 0 Å². The fraction of sp³-hybridized carbons (Fsp3) is 0.417. The molecule has 1 aromatic carbocycles. The Labute approximate surface area is 177 Å². The normalized spacial score (nSPS) is 22.4. The van der Waals surface area contributed by atoms with Crippen LogP contribution in [0, 0.1) is 0 Å². The Hall–Kier alpha value is -3.02. The lowest BCUT2D eigenvalue weighted by Crippen LogP contribution is -2.51. The zero-order valence-corrected chi connectivity index (χ0v) is 17.5. The maximum atomic E-state index is 13.6. The first kappa shape index (κ1) is 19.0. The molecule has 2 bridgehead atoms. The van der Waals surface area contributed by atoms with Crippen molar-refractivity contribution < 1.29 is 14.3 Å². The Kier molecular flexibility index (Phi) is 4.85. The molecule has 156 valence electrons. The summed E-state index contributed by atoms with van der Waals surface area (Å²) in [6, 6.07) is 12.6. The number of benzene rings is 1. The quantitative estimate of drug-likeness (QED) is 0.764. The lowest BCUT2D eigenvalue weighted by Gasteiger charge is -2.39. The monoisotopic (exact) mass is 405 g/mol. The summed E-state index contributed by atoms with van der Waals surface area (Å²) in [4.78, 5) is 22.1. The maximum absolute atomic E-state index is 13.6. The van der Waals surface area contributed by atoms with Crippen molar-refractivity contribution in [3.63, 3.8) is 0 Å². The number of ether oxygens (including phenoxy) is 2. The van der Waals surface area contributed by atoms with Crippen molar-refractivity contribution >= 4 is 17.3 Å². The van der Waals surface area contributed by atoms with E-state index >= 15 is 0 Å². The molecule has 2 unspecified atom stereocenters. The molecular formula is C24H27N3O3. The molecule has 2 amide bonds. The highest BCUT2D eigenvalue weighted by molar-refractivity contribution is 5.94. The van der Waals surface area contributed by atoms with Gasteiger partial charge in [0.25, 0.3) is 0 Å². The molecule has 0 aliphatic carbocycles. The van der Waals surface area contributed by atoms with Crippen molar-refractivity contribution in [3.05, 3.63) is 53.6 Å². The predicted octanol–water partition coefficient (Wildman–Crippen LogP) is 4.29. The molecule has 0 N–H and O–H groups in total. The van der Waals surface area contributed by atoms with Crippen molar-refractivity contribution in [3.8, 4) is 11.8 Å². The Morgan fingerprint density at radius 2 is 1.97 bits per heavy atom. The molecule has 6 heteroatoms. The smallest absolute Gasteiger partial charge is 0.325 e. The second-order valence-electron chi connectivity index (χ2n) is 8.18. The zero-order chi connectivity index (χ0) is 20.7. The van der Waals surface area contributed by atoms with Gasteiger partial charge in [-0.3, -0.25) is 4.90 Å². The molecule has 3 aliphatic rings. The fourth-order valence-electron chi connectivity index (χ4n) is 5.14. The first-order chi connectivity index (χ1) is 14.7. The summed E-state index contributed by atoms with van der Waals surface area (Å²) in [7, 11) is 3.23. The van der Waals surface area contributed by atoms with Gasteiger partial charge in [0.15, 0.2) is 0 Å². The molecule has 0 radical (unpaired) electrons. The summed E-state index contributed by atoms with van der Waals surface area (Å²) in [5.74, 6) is 1.11. The number of anilines is 1. The largest absolute Gasteiger partial charge is 0.481 e. The lowest BCUT2D eigenvalue weighted by molar-refractivity contribution is 0.186. The molecule has 1 fully saturated rings. The summed E-state index contributed by atoms with van der Waals surface area (Å²) >= 11 is 0. The number of carbonyl (C=O) groups is 1. The van der Waals surface area contributed by atoms with Crippen LogP contribution in [0.3, 0.4) is 0 Å². The van der Waals surface area contributed by atoms with Crippen LogP contribution in [-0.2, 0) is 6.42 Å². The van der Waals surface area contributed by atoms with Crippen molar-refractivity contribution in [1.82, 2.24) is 9.88 Å². The zero-order valence-electron chi connectivity index (χ0n) is 17.5. The van der Waals surface area contributed by atoms with Crippen LogP contribution in [0.5, 0.6) is 11.8 Å². The second-order valence-corrected chi connectivity index (χ2v) is 8.18. The number of para-hydroxylation sites is 1. The second kappa shape index (κ2) is 7.67. The van der Waals surface area contributed by atoms with Gasteiger partial charge in [0.05, 0.1) is 20.3 Å². The molecule has 4 heterocycles. The molecule has 2 atom stereocenters. The third-order valence-corrected chi connectivity index (χ3v) is 6.54. The van der Waals surface area contributed by atoms with Crippen LogP contribution >= 0.6 is 0 Å². The average molecular weight is 405 g/mol. The van der Waals surface area contributed by atoms with Crippen LogP contribution < -0.4 is 14.4 Å². The van der Waals surface area contributed by atoms with Crippen LogP contribution in [0.4, 0.5) is 10.5 Å². The number of hydrogen-bond donors (Lipinski definition) is 0. The molecule has 6 nitrogen and oxygen atoms in total. The van der Waals surface area contributed by atoms with E-state index in [2.05, 4.69) is 34.2 Å². The summed E-state index contributed by atoms with van der Waals surface area (Å²) in [5, 5.41) is 0. The SMILES string of the molecule is COc1ccc(C2=CC3CCC(C2)N3C(=O)N2CCCc3ccccc32)c(OC)n1.